The van der Waals surface area contributed by atoms with E-state index in [0.29, 0.717) is 0 Å². The molecule has 8 nitrogen and oxygen atoms in total. The molecule has 0 spiro atoms. The van der Waals surface area contributed by atoms with Crippen LogP contribution in [0.1, 0.15) is 5.76 Å². The van der Waals surface area contributed by atoms with Gasteiger partial charge in [-0.2, -0.15) is 0 Å². The summed E-state index contributed by atoms with van der Waals surface area (Å²) in [5, 5.41) is 20.3. The third kappa shape index (κ3) is 4.02. The fraction of sp³-hybridized carbons (Fsp3) is 0.0625. The molecule has 1 aliphatic heterocycles. The molecule has 3 rings (SSSR count). The van der Waals surface area contributed by atoms with E-state index in [-0.39, 0.29) is 37.0 Å². The normalized spacial score (nSPS) is 15.6. The maximum atomic E-state index is 12.3. The van der Waals surface area contributed by atoms with Gasteiger partial charge in [-0.3, -0.25) is 24.6 Å². The molecule has 11 heteroatoms. The predicted octanol–water partition coefficient (Wildman–Crippen LogP) is 3.79. The highest BCUT2D eigenvalue weighted by Crippen LogP contribution is 2.36. The largest absolute Gasteiger partial charge is 0.480 e. The number of carboxylic acids is 1. The van der Waals surface area contributed by atoms with Crippen molar-refractivity contribution in [2.75, 3.05) is 6.54 Å². The third-order valence-corrected chi connectivity index (χ3v) is 5.10. The molecule has 1 fully saturated rings. The Bertz CT molecular complexity index is 1020. The lowest BCUT2D eigenvalue weighted by Crippen LogP contribution is -2.33. The summed E-state index contributed by atoms with van der Waals surface area (Å²) in [6.45, 7) is -0.525. The molecule has 0 aliphatic carbocycles. The molecule has 0 radical (unpaired) electrons. The van der Waals surface area contributed by atoms with Gasteiger partial charge in [-0.05, 0) is 24.3 Å². The van der Waals surface area contributed by atoms with Gasteiger partial charge in [0.25, 0.3) is 11.6 Å². The molecule has 1 N–H and O–H groups in total. The van der Waals surface area contributed by atoms with Crippen molar-refractivity contribution < 1.29 is 24.0 Å². The van der Waals surface area contributed by atoms with Crippen LogP contribution in [-0.2, 0) is 9.59 Å². The minimum Gasteiger partial charge on any atom is -0.480 e. The van der Waals surface area contributed by atoms with Gasteiger partial charge < -0.3 is 9.52 Å². The van der Waals surface area contributed by atoms with Crippen molar-refractivity contribution in [3.8, 4) is 11.3 Å². The van der Waals surface area contributed by atoms with Gasteiger partial charge in [0.15, 0.2) is 0 Å². The number of furan rings is 1. The molecule has 0 saturated carbocycles. The zero-order chi connectivity index (χ0) is 19.7. The predicted molar refractivity (Wildman–Crippen MR) is 103 cm³/mol. The second-order valence-electron chi connectivity index (χ2n) is 5.28. The zero-order valence-electron chi connectivity index (χ0n) is 13.2. The van der Waals surface area contributed by atoms with Gasteiger partial charge in [-0.15, -0.1) is 0 Å². The monoisotopic (exact) mass is 424 g/mol. The maximum absolute atomic E-state index is 12.3. The molecule has 138 valence electrons. The van der Waals surface area contributed by atoms with Crippen molar-refractivity contribution in [2.45, 2.75) is 0 Å². The van der Waals surface area contributed by atoms with Crippen LogP contribution in [0.25, 0.3) is 17.4 Å². The Labute approximate surface area is 166 Å². The minimum atomic E-state index is -1.18. The van der Waals surface area contributed by atoms with Crippen LogP contribution in [0.5, 0.6) is 0 Å². The highest BCUT2D eigenvalue weighted by molar-refractivity contribution is 8.26. The number of nitro groups is 1. The Morgan fingerprint density at radius 3 is 2.81 bits per heavy atom. The van der Waals surface area contributed by atoms with Gasteiger partial charge in [-0.25, -0.2) is 0 Å². The van der Waals surface area contributed by atoms with E-state index in [1.54, 1.807) is 0 Å². The number of amides is 1. The van der Waals surface area contributed by atoms with Crippen molar-refractivity contribution >= 4 is 63.5 Å². The number of hydrogen-bond acceptors (Lipinski definition) is 7. The van der Waals surface area contributed by atoms with Crippen LogP contribution >= 0.6 is 35.6 Å². The second-order valence-corrected chi connectivity index (χ2v) is 7.39. The van der Waals surface area contributed by atoms with E-state index in [4.69, 9.17) is 33.3 Å². The molecule has 1 saturated heterocycles. The van der Waals surface area contributed by atoms with Crippen LogP contribution in [0.4, 0.5) is 5.69 Å². The summed E-state index contributed by atoms with van der Waals surface area (Å²) < 4.78 is 5.73. The van der Waals surface area contributed by atoms with Crippen molar-refractivity contribution in [1.29, 1.82) is 0 Å². The first-order valence-corrected chi connectivity index (χ1v) is 8.88. The van der Waals surface area contributed by atoms with E-state index < -0.39 is 23.3 Å². The number of aliphatic carboxylic acids is 1. The Balaban J connectivity index is 1.91. The Morgan fingerprint density at radius 2 is 2.15 bits per heavy atom. The number of carboxylic acid groups (broad SMARTS) is 1. The average Bonchev–Trinajstić information content (AvgIpc) is 3.15. The molecule has 1 aromatic heterocycles. The summed E-state index contributed by atoms with van der Waals surface area (Å²) in [7, 11) is 0. The van der Waals surface area contributed by atoms with Crippen LogP contribution in [0.3, 0.4) is 0 Å². The first kappa shape index (κ1) is 19.1. The van der Waals surface area contributed by atoms with E-state index in [0.717, 1.165) is 16.7 Å². The molecule has 1 amide bonds. The number of carbonyl (C=O) groups is 2. The van der Waals surface area contributed by atoms with E-state index in [9.17, 15) is 19.7 Å². The number of halogens is 1. The van der Waals surface area contributed by atoms with Crippen molar-refractivity contribution in [2.24, 2.45) is 0 Å². The van der Waals surface area contributed by atoms with E-state index in [1.165, 1.54) is 36.4 Å². The van der Waals surface area contributed by atoms with Crippen LogP contribution in [-0.4, -0.2) is 37.7 Å². The molecular weight excluding hydrogens is 416 g/mol. The standard InChI is InChI=1S/C16H9ClN2O6S2/c17-8-1-3-10(11(5-8)19(23)24)12-4-2-9(25-12)6-13-15(22)18(7-14(20)21)16(26)27-13/h1-6H,7H2,(H,20,21)/b13-6+. The highest BCUT2D eigenvalue weighted by Gasteiger charge is 2.33. The maximum Gasteiger partial charge on any atom is 0.323 e. The summed E-state index contributed by atoms with van der Waals surface area (Å²) in [6.07, 6.45) is 1.41. The lowest BCUT2D eigenvalue weighted by Gasteiger charge is -2.09. The fourth-order valence-corrected chi connectivity index (χ4v) is 3.74. The Hall–Kier alpha value is -2.69. The summed E-state index contributed by atoms with van der Waals surface area (Å²) in [5.41, 5.74) is 0.0265. The topological polar surface area (TPSA) is 114 Å². The van der Waals surface area contributed by atoms with Gasteiger partial charge in [0.2, 0.25) is 0 Å². The second kappa shape index (κ2) is 7.51. The molecular formula is C16H9ClN2O6S2. The first-order chi connectivity index (χ1) is 12.8. The number of nitrogens with zero attached hydrogens (tertiary/aromatic N) is 2. The van der Waals surface area contributed by atoms with Crippen LogP contribution in [0, 0.1) is 10.1 Å². The smallest absolute Gasteiger partial charge is 0.323 e. The number of thioether (sulfide) groups is 1. The summed E-state index contributed by atoms with van der Waals surface area (Å²) in [4.78, 5) is 34.9. The number of thiocarbonyl (C=S) groups is 1. The average molecular weight is 425 g/mol. The van der Waals surface area contributed by atoms with Crippen LogP contribution in [0.2, 0.25) is 5.02 Å². The molecule has 2 aromatic rings. The molecule has 27 heavy (non-hydrogen) atoms. The Morgan fingerprint density at radius 1 is 1.41 bits per heavy atom. The van der Waals surface area contributed by atoms with Gasteiger partial charge >= 0.3 is 5.97 Å². The van der Waals surface area contributed by atoms with E-state index in [1.807, 2.05) is 0 Å². The molecule has 2 heterocycles. The lowest BCUT2D eigenvalue weighted by atomic mass is 10.1. The number of carbonyl (C=O) groups excluding carboxylic acids is 1. The van der Waals surface area contributed by atoms with Gasteiger partial charge in [0.05, 0.1) is 15.4 Å². The summed E-state index contributed by atoms with van der Waals surface area (Å²) in [6, 6.07) is 7.26. The zero-order valence-corrected chi connectivity index (χ0v) is 15.6. The SMILES string of the molecule is O=C(O)CN1C(=O)/C(=C\c2ccc(-c3ccc(Cl)cc3[N+](=O)[O-])o2)SC1=S. The van der Waals surface area contributed by atoms with Gasteiger partial charge in [0.1, 0.15) is 22.4 Å². The highest BCUT2D eigenvalue weighted by atomic mass is 35.5. The molecule has 1 aliphatic rings. The molecule has 1 aromatic carbocycles. The lowest BCUT2D eigenvalue weighted by molar-refractivity contribution is -0.384. The number of benzene rings is 1. The molecule has 0 bridgehead atoms. The minimum absolute atomic E-state index is 0.133. The van der Waals surface area contributed by atoms with Crippen molar-refractivity contribution in [3.63, 3.8) is 0 Å². The number of rotatable bonds is 5. The quantitative estimate of drug-likeness (QED) is 0.333. The van der Waals surface area contributed by atoms with Gasteiger partial charge in [-0.1, -0.05) is 35.6 Å². The molecule has 0 unspecified atom stereocenters. The van der Waals surface area contributed by atoms with E-state index in [2.05, 4.69) is 0 Å². The van der Waals surface area contributed by atoms with Gasteiger partial charge in [0, 0.05) is 17.2 Å². The Kier molecular flexibility index (Phi) is 5.31. The number of hydrogen-bond donors (Lipinski definition) is 1. The fourth-order valence-electron chi connectivity index (χ4n) is 2.34. The summed E-state index contributed by atoms with van der Waals surface area (Å²) >= 11 is 11.8. The third-order valence-electron chi connectivity index (χ3n) is 3.49. The first-order valence-electron chi connectivity index (χ1n) is 7.27. The van der Waals surface area contributed by atoms with E-state index >= 15 is 0 Å². The number of nitro benzene ring substituents is 1. The van der Waals surface area contributed by atoms with Crippen LogP contribution < -0.4 is 0 Å². The summed E-state index contributed by atoms with van der Waals surface area (Å²) in [5.74, 6) is -1.22. The van der Waals surface area contributed by atoms with Crippen molar-refractivity contribution in [1.82, 2.24) is 4.90 Å². The van der Waals surface area contributed by atoms with Crippen LogP contribution in [0.15, 0.2) is 39.7 Å². The molecule has 0 atom stereocenters. The van der Waals surface area contributed by atoms with Crippen molar-refractivity contribution in [3.05, 3.63) is 56.1 Å².